The minimum atomic E-state index is -0.329. The zero-order chi connectivity index (χ0) is 19.2. The zero-order valence-corrected chi connectivity index (χ0v) is 15.5. The molecule has 140 valence electrons. The van der Waals surface area contributed by atoms with Crippen LogP contribution in [0.5, 0.6) is 5.75 Å². The van der Waals surface area contributed by atoms with Crippen LogP contribution in [0.2, 0.25) is 0 Å². The van der Waals surface area contributed by atoms with Crippen LogP contribution < -0.4 is 9.64 Å². The van der Waals surface area contributed by atoms with Crippen molar-refractivity contribution in [3.63, 3.8) is 0 Å². The molecule has 0 amide bonds. The highest BCUT2D eigenvalue weighted by Crippen LogP contribution is 2.30. The van der Waals surface area contributed by atoms with Crippen LogP contribution in [0.3, 0.4) is 0 Å². The van der Waals surface area contributed by atoms with Gasteiger partial charge in [0.25, 0.3) is 0 Å². The van der Waals surface area contributed by atoms with Crippen LogP contribution in [0.15, 0.2) is 58.4 Å². The predicted octanol–water partition coefficient (Wildman–Crippen LogP) is 3.45. The summed E-state index contributed by atoms with van der Waals surface area (Å²) in [5.74, 6) is 0.829. The van der Waals surface area contributed by atoms with Gasteiger partial charge in [-0.1, -0.05) is 0 Å². The largest absolute Gasteiger partial charge is 0.497 e. The number of aromatic nitrogens is 2. The van der Waals surface area contributed by atoms with E-state index in [1.165, 1.54) is 19.2 Å². The van der Waals surface area contributed by atoms with Gasteiger partial charge in [0.05, 0.1) is 19.7 Å². The smallest absolute Gasteiger partial charge is 0.149 e. The first-order valence-electron chi connectivity index (χ1n) is 8.69. The molecule has 2 aromatic rings. The second kappa shape index (κ2) is 8.53. The van der Waals surface area contributed by atoms with Crippen molar-refractivity contribution in [2.75, 3.05) is 18.6 Å². The van der Waals surface area contributed by atoms with E-state index in [9.17, 15) is 4.39 Å². The third-order valence-electron chi connectivity index (χ3n) is 4.52. The van der Waals surface area contributed by atoms with Gasteiger partial charge in [-0.3, -0.25) is 9.98 Å². The van der Waals surface area contributed by atoms with Crippen molar-refractivity contribution in [1.29, 1.82) is 0 Å². The molecule has 0 bridgehead atoms. The lowest BCUT2D eigenvalue weighted by atomic mass is 9.94. The van der Waals surface area contributed by atoms with E-state index in [1.807, 2.05) is 13.0 Å². The van der Waals surface area contributed by atoms with E-state index in [2.05, 4.69) is 26.6 Å². The van der Waals surface area contributed by atoms with Gasteiger partial charge in [-0.25, -0.2) is 14.4 Å². The molecule has 0 aliphatic carbocycles. The van der Waals surface area contributed by atoms with Gasteiger partial charge >= 0.3 is 0 Å². The minimum absolute atomic E-state index is 0.0359. The molecule has 1 saturated heterocycles. The van der Waals surface area contributed by atoms with E-state index in [0.29, 0.717) is 31.1 Å². The van der Waals surface area contributed by atoms with E-state index < -0.39 is 0 Å². The van der Waals surface area contributed by atoms with Crippen molar-refractivity contribution in [3.05, 3.63) is 60.1 Å². The van der Waals surface area contributed by atoms with Crippen molar-refractivity contribution >= 4 is 18.1 Å². The van der Waals surface area contributed by atoms with Crippen molar-refractivity contribution in [1.82, 2.24) is 9.97 Å². The Kier molecular flexibility index (Phi) is 5.90. The van der Waals surface area contributed by atoms with Crippen LogP contribution in [-0.4, -0.2) is 42.1 Å². The van der Waals surface area contributed by atoms with Gasteiger partial charge in [0.15, 0.2) is 0 Å². The molecule has 0 saturated carbocycles. The molecule has 1 fully saturated rings. The second-order valence-corrected chi connectivity index (χ2v) is 6.16. The van der Waals surface area contributed by atoms with Gasteiger partial charge < -0.3 is 9.64 Å². The second-order valence-electron chi connectivity index (χ2n) is 6.16. The number of aliphatic imine (C=N–C) groups is 2. The fraction of sp³-hybridized carbons (Fsp3) is 0.300. The topological polar surface area (TPSA) is 63.0 Å². The van der Waals surface area contributed by atoms with Crippen LogP contribution in [-0.2, 0) is 6.54 Å². The number of piperidine rings is 1. The Morgan fingerprint density at radius 2 is 2.11 bits per heavy atom. The highest BCUT2D eigenvalue weighted by molar-refractivity contribution is 6.03. The maximum atomic E-state index is 13.9. The lowest BCUT2D eigenvalue weighted by Gasteiger charge is -2.38. The molecule has 7 heteroatoms. The first kappa shape index (κ1) is 18.7. The molecule has 0 radical (unpaired) electrons. The van der Waals surface area contributed by atoms with Crippen LogP contribution in [0, 0.1) is 5.82 Å². The van der Waals surface area contributed by atoms with Crippen molar-refractivity contribution < 1.29 is 9.13 Å². The fourth-order valence-electron chi connectivity index (χ4n) is 3.19. The monoisotopic (exact) mass is 367 g/mol. The average molecular weight is 367 g/mol. The normalized spacial score (nSPS) is 20.1. The molecule has 27 heavy (non-hydrogen) atoms. The molecule has 1 unspecified atom stereocenters. The number of hydrogen-bond donors (Lipinski definition) is 0. The quantitative estimate of drug-likeness (QED) is 0.760. The summed E-state index contributed by atoms with van der Waals surface area (Å²) in [4.78, 5) is 19.2. The number of nitrogens with zero attached hydrogens (tertiary/aromatic N) is 5. The van der Waals surface area contributed by atoms with E-state index in [4.69, 9.17) is 9.73 Å². The van der Waals surface area contributed by atoms with Gasteiger partial charge in [-0.05, 0) is 25.8 Å². The van der Waals surface area contributed by atoms with Gasteiger partial charge in [0.1, 0.15) is 17.4 Å². The maximum absolute atomic E-state index is 13.9. The first-order valence-corrected chi connectivity index (χ1v) is 8.69. The lowest BCUT2D eigenvalue weighted by molar-refractivity contribution is 0.411. The summed E-state index contributed by atoms with van der Waals surface area (Å²) >= 11 is 0. The van der Waals surface area contributed by atoms with E-state index in [0.717, 1.165) is 17.0 Å². The van der Waals surface area contributed by atoms with E-state index >= 15 is 0 Å². The number of rotatable bonds is 5. The average Bonchev–Trinajstić information content (AvgIpc) is 2.68. The molecule has 6 nitrogen and oxygen atoms in total. The Labute approximate surface area is 158 Å². The molecule has 0 N–H and O–H groups in total. The molecule has 1 aromatic carbocycles. The van der Waals surface area contributed by atoms with Crippen LogP contribution >= 0.6 is 0 Å². The SMILES string of the molecule is C=N/C=C1\C(=N/Cc2ncccn2)CCN(c2cc(F)cc(OC)c2)C1C. The maximum Gasteiger partial charge on any atom is 0.149 e. The Hall–Kier alpha value is -3.09. The molecular weight excluding hydrogens is 345 g/mol. The number of ether oxygens (including phenoxy) is 1. The van der Waals surface area contributed by atoms with Crippen molar-refractivity contribution in [2.45, 2.75) is 25.9 Å². The highest BCUT2D eigenvalue weighted by Gasteiger charge is 2.28. The molecule has 1 aliphatic rings. The van der Waals surface area contributed by atoms with Crippen molar-refractivity contribution in [3.8, 4) is 5.75 Å². The summed E-state index contributed by atoms with van der Waals surface area (Å²) in [7, 11) is 1.53. The summed E-state index contributed by atoms with van der Waals surface area (Å²) in [5, 5.41) is 0. The van der Waals surface area contributed by atoms with Gasteiger partial charge in [-0.15, -0.1) is 0 Å². The summed E-state index contributed by atoms with van der Waals surface area (Å²) in [6, 6.07) is 6.45. The summed E-state index contributed by atoms with van der Waals surface area (Å²) in [5.41, 5.74) is 2.66. The van der Waals surface area contributed by atoms with Gasteiger partial charge in [-0.2, -0.15) is 0 Å². The van der Waals surface area contributed by atoms with Crippen LogP contribution in [0.1, 0.15) is 19.2 Å². The summed E-state index contributed by atoms with van der Waals surface area (Å²) in [6.07, 6.45) is 5.83. The minimum Gasteiger partial charge on any atom is -0.497 e. The molecule has 2 heterocycles. The molecule has 3 rings (SSSR count). The Bertz CT molecular complexity index is 866. The molecule has 1 atom stereocenters. The van der Waals surface area contributed by atoms with Gasteiger partial charge in [0, 0.05) is 60.7 Å². The van der Waals surface area contributed by atoms with E-state index in [1.54, 1.807) is 24.7 Å². The molecule has 1 aromatic heterocycles. The van der Waals surface area contributed by atoms with Crippen LogP contribution in [0.25, 0.3) is 0 Å². The molecule has 1 aliphatic heterocycles. The predicted molar refractivity (Wildman–Crippen MR) is 105 cm³/mol. The Balaban J connectivity index is 1.86. The zero-order valence-electron chi connectivity index (χ0n) is 15.5. The molecule has 0 spiro atoms. The summed E-state index contributed by atoms with van der Waals surface area (Å²) < 4.78 is 19.1. The number of halogens is 1. The number of hydrogen-bond acceptors (Lipinski definition) is 6. The Morgan fingerprint density at radius 3 is 2.81 bits per heavy atom. The van der Waals surface area contributed by atoms with Crippen molar-refractivity contribution in [2.24, 2.45) is 9.98 Å². The number of benzene rings is 1. The first-order chi connectivity index (χ1) is 13.1. The van der Waals surface area contributed by atoms with Gasteiger partial charge in [0.2, 0.25) is 0 Å². The van der Waals surface area contributed by atoms with Crippen LogP contribution in [0.4, 0.5) is 10.1 Å². The summed E-state index contributed by atoms with van der Waals surface area (Å²) in [6.45, 7) is 6.73. The fourth-order valence-corrected chi connectivity index (χ4v) is 3.19. The number of methoxy groups -OCH3 is 1. The standard InChI is InChI=1S/C20H22FN5O/c1-14-18(12-22-2)19(25-13-20-23-6-4-7-24-20)5-8-26(14)16-9-15(21)10-17(11-16)27-3/h4,6-7,9-12,14H,2,5,8,13H2,1,3H3/b18-12-,25-19-. The lowest BCUT2D eigenvalue weighted by Crippen LogP contribution is -2.43. The highest BCUT2D eigenvalue weighted by atomic mass is 19.1. The third kappa shape index (κ3) is 4.36. The third-order valence-corrected chi connectivity index (χ3v) is 4.52. The Morgan fingerprint density at radius 1 is 1.33 bits per heavy atom. The van der Waals surface area contributed by atoms with E-state index in [-0.39, 0.29) is 11.9 Å². The molecular formula is C20H22FN5O. The number of anilines is 1.